The number of hydrogen-bond donors (Lipinski definition) is 1. The van der Waals surface area contributed by atoms with Gasteiger partial charge in [0, 0.05) is 16.5 Å². The molecule has 70 valence electrons. The minimum atomic E-state index is 0.227. The second-order valence-corrected chi connectivity index (χ2v) is 4.27. The van der Waals surface area contributed by atoms with E-state index < -0.39 is 0 Å². The lowest BCUT2D eigenvalue weighted by atomic mass is 9.92. The number of rotatable bonds is 2. The molecule has 0 saturated heterocycles. The van der Waals surface area contributed by atoms with E-state index in [2.05, 4.69) is 13.0 Å². The summed E-state index contributed by atoms with van der Waals surface area (Å²) in [6, 6.07) is 8.40. The topological polar surface area (TPSA) is 26.0 Å². The maximum Gasteiger partial charge on any atom is 0.0408 e. The number of hydrogen-bond acceptors (Lipinski definition) is 1. The molecule has 2 heteroatoms. The zero-order chi connectivity index (χ0) is 9.47. The van der Waals surface area contributed by atoms with Crippen LogP contribution in [0.1, 0.15) is 25.3 Å². The van der Waals surface area contributed by atoms with Crippen LogP contribution in [-0.4, -0.2) is 6.04 Å². The molecule has 0 radical (unpaired) electrons. The third-order valence-electron chi connectivity index (χ3n) is 3.16. The third kappa shape index (κ3) is 1.36. The van der Waals surface area contributed by atoms with Crippen molar-refractivity contribution in [3.63, 3.8) is 0 Å². The molecule has 0 heterocycles. The summed E-state index contributed by atoms with van der Waals surface area (Å²) < 4.78 is 0. The highest BCUT2D eigenvalue weighted by Gasteiger charge is 2.51. The summed E-state index contributed by atoms with van der Waals surface area (Å²) in [7, 11) is 0. The molecular weight excluding hydrogens is 182 g/mol. The summed E-state index contributed by atoms with van der Waals surface area (Å²) in [4.78, 5) is 0. The fourth-order valence-corrected chi connectivity index (χ4v) is 2.26. The van der Waals surface area contributed by atoms with Crippen LogP contribution in [0.25, 0.3) is 0 Å². The van der Waals surface area contributed by atoms with E-state index in [9.17, 15) is 0 Å². The molecular formula is C11H14ClN. The molecule has 2 N–H and O–H groups in total. The molecule has 2 rings (SSSR count). The fraction of sp³-hybridized carbons (Fsp3) is 0.455. The molecule has 1 nitrogen and oxygen atoms in total. The van der Waals surface area contributed by atoms with Gasteiger partial charge >= 0.3 is 0 Å². The van der Waals surface area contributed by atoms with Crippen LogP contribution in [0.5, 0.6) is 0 Å². The van der Waals surface area contributed by atoms with Crippen molar-refractivity contribution in [2.24, 2.45) is 5.73 Å². The SMILES string of the molecule is CCC1(c2cccc(Cl)c2)C[C@H]1N. The monoisotopic (exact) mass is 195 g/mol. The van der Waals surface area contributed by atoms with Gasteiger partial charge in [0.15, 0.2) is 0 Å². The lowest BCUT2D eigenvalue weighted by Crippen LogP contribution is -2.17. The normalized spacial score (nSPS) is 31.8. The van der Waals surface area contributed by atoms with Gasteiger partial charge in [-0.15, -0.1) is 0 Å². The Labute approximate surface area is 83.9 Å². The first-order chi connectivity index (χ1) is 6.19. The molecule has 1 aliphatic rings. The molecule has 0 amide bonds. The summed E-state index contributed by atoms with van der Waals surface area (Å²) in [5.74, 6) is 0. The van der Waals surface area contributed by atoms with Crippen molar-refractivity contribution >= 4 is 11.6 Å². The highest BCUT2D eigenvalue weighted by atomic mass is 35.5. The maximum absolute atomic E-state index is 5.95. The van der Waals surface area contributed by atoms with Crippen LogP contribution in [0.4, 0.5) is 0 Å². The average Bonchev–Trinajstić information content (AvgIpc) is 2.78. The van der Waals surface area contributed by atoms with Crippen molar-refractivity contribution in [2.45, 2.75) is 31.2 Å². The van der Waals surface area contributed by atoms with E-state index in [1.807, 2.05) is 18.2 Å². The van der Waals surface area contributed by atoms with Crippen LogP contribution in [0.2, 0.25) is 5.02 Å². The molecule has 0 aromatic heterocycles. The van der Waals surface area contributed by atoms with Gasteiger partial charge in [0.2, 0.25) is 0 Å². The number of benzene rings is 1. The minimum Gasteiger partial charge on any atom is -0.327 e. The van der Waals surface area contributed by atoms with Gasteiger partial charge < -0.3 is 5.73 Å². The van der Waals surface area contributed by atoms with Gasteiger partial charge in [-0.3, -0.25) is 0 Å². The van der Waals surface area contributed by atoms with Crippen molar-refractivity contribution in [1.82, 2.24) is 0 Å². The van der Waals surface area contributed by atoms with E-state index in [1.54, 1.807) is 0 Å². The molecule has 1 aliphatic carbocycles. The molecule has 1 aromatic carbocycles. The van der Waals surface area contributed by atoms with Crippen molar-refractivity contribution < 1.29 is 0 Å². The molecule has 13 heavy (non-hydrogen) atoms. The van der Waals surface area contributed by atoms with E-state index in [0.717, 1.165) is 17.9 Å². The van der Waals surface area contributed by atoms with Crippen LogP contribution >= 0.6 is 11.6 Å². The van der Waals surface area contributed by atoms with Gasteiger partial charge in [0.1, 0.15) is 0 Å². The van der Waals surface area contributed by atoms with E-state index >= 15 is 0 Å². The molecule has 0 aliphatic heterocycles. The Morgan fingerprint density at radius 2 is 2.31 bits per heavy atom. The molecule has 1 saturated carbocycles. The number of halogens is 1. The highest BCUT2D eigenvalue weighted by molar-refractivity contribution is 6.30. The van der Waals surface area contributed by atoms with Gasteiger partial charge in [-0.1, -0.05) is 30.7 Å². The molecule has 1 unspecified atom stereocenters. The van der Waals surface area contributed by atoms with Gasteiger partial charge in [-0.2, -0.15) is 0 Å². The Bertz CT molecular complexity index is 320. The van der Waals surface area contributed by atoms with Crippen molar-refractivity contribution in [3.8, 4) is 0 Å². The van der Waals surface area contributed by atoms with Crippen LogP contribution in [-0.2, 0) is 5.41 Å². The number of nitrogens with two attached hydrogens (primary N) is 1. The molecule has 0 spiro atoms. The Morgan fingerprint density at radius 1 is 1.62 bits per heavy atom. The second kappa shape index (κ2) is 3.00. The highest BCUT2D eigenvalue weighted by Crippen LogP contribution is 2.49. The Balaban J connectivity index is 2.35. The summed E-state index contributed by atoms with van der Waals surface area (Å²) in [6.45, 7) is 2.19. The second-order valence-electron chi connectivity index (χ2n) is 3.83. The Hall–Kier alpha value is -0.530. The first-order valence-electron chi connectivity index (χ1n) is 4.70. The van der Waals surface area contributed by atoms with E-state index in [1.165, 1.54) is 5.56 Å². The third-order valence-corrected chi connectivity index (χ3v) is 3.40. The summed E-state index contributed by atoms with van der Waals surface area (Å²) >= 11 is 5.94. The predicted molar refractivity (Wildman–Crippen MR) is 56.0 cm³/mol. The Kier molecular flexibility index (Phi) is 2.09. The summed E-state index contributed by atoms with van der Waals surface area (Å²) in [6.07, 6.45) is 2.21. The van der Waals surface area contributed by atoms with E-state index in [0.29, 0.717) is 6.04 Å². The Morgan fingerprint density at radius 3 is 2.77 bits per heavy atom. The van der Waals surface area contributed by atoms with E-state index in [-0.39, 0.29) is 5.41 Å². The zero-order valence-corrected chi connectivity index (χ0v) is 8.51. The summed E-state index contributed by atoms with van der Waals surface area (Å²) in [5, 5.41) is 0.810. The van der Waals surface area contributed by atoms with Crippen molar-refractivity contribution in [3.05, 3.63) is 34.9 Å². The van der Waals surface area contributed by atoms with Crippen LogP contribution < -0.4 is 5.73 Å². The van der Waals surface area contributed by atoms with E-state index in [4.69, 9.17) is 17.3 Å². The first-order valence-corrected chi connectivity index (χ1v) is 5.08. The fourth-order valence-electron chi connectivity index (χ4n) is 2.07. The largest absolute Gasteiger partial charge is 0.327 e. The van der Waals surface area contributed by atoms with Crippen LogP contribution in [0.3, 0.4) is 0 Å². The van der Waals surface area contributed by atoms with Crippen molar-refractivity contribution in [2.75, 3.05) is 0 Å². The van der Waals surface area contributed by atoms with Crippen LogP contribution in [0.15, 0.2) is 24.3 Å². The van der Waals surface area contributed by atoms with Crippen molar-refractivity contribution in [1.29, 1.82) is 0 Å². The average molecular weight is 196 g/mol. The smallest absolute Gasteiger partial charge is 0.0408 e. The lowest BCUT2D eigenvalue weighted by Gasteiger charge is -2.14. The van der Waals surface area contributed by atoms with Gasteiger partial charge in [-0.25, -0.2) is 0 Å². The lowest BCUT2D eigenvalue weighted by molar-refractivity contribution is 0.635. The molecule has 0 bridgehead atoms. The van der Waals surface area contributed by atoms with Crippen LogP contribution in [0, 0.1) is 0 Å². The van der Waals surface area contributed by atoms with Gasteiger partial charge in [-0.05, 0) is 30.5 Å². The predicted octanol–water partition coefficient (Wildman–Crippen LogP) is 2.72. The molecule has 1 aromatic rings. The van der Waals surface area contributed by atoms with Gasteiger partial charge in [0.05, 0.1) is 0 Å². The summed E-state index contributed by atoms with van der Waals surface area (Å²) in [5.41, 5.74) is 7.48. The maximum atomic E-state index is 5.95. The molecule has 1 fully saturated rings. The minimum absolute atomic E-state index is 0.227. The quantitative estimate of drug-likeness (QED) is 0.772. The zero-order valence-electron chi connectivity index (χ0n) is 7.76. The standard InChI is InChI=1S/C11H14ClN/c1-2-11(7-10(11)13)8-4-3-5-9(12)6-8/h3-6,10H,2,7,13H2,1H3/t10-,11?/m1/s1. The molecule has 2 atom stereocenters. The van der Waals surface area contributed by atoms with Gasteiger partial charge in [0.25, 0.3) is 0 Å². The first kappa shape index (κ1) is 9.04.